The van der Waals surface area contributed by atoms with Gasteiger partial charge in [0.25, 0.3) is 0 Å². The summed E-state index contributed by atoms with van der Waals surface area (Å²) in [5, 5.41) is 19.1. The molecule has 1 amide bonds. The molecule has 2 N–H and O–H groups in total. The average molecular weight is 380 g/mol. The number of aromatic amines is 1. The zero-order valence-corrected chi connectivity index (χ0v) is 16.0. The summed E-state index contributed by atoms with van der Waals surface area (Å²) in [7, 11) is 0. The number of aliphatic hydroxyl groups excluding tert-OH is 1. The predicted octanol–water partition coefficient (Wildman–Crippen LogP) is 2.16. The molecule has 8 nitrogen and oxygen atoms in total. The molecule has 3 aromatic heterocycles. The van der Waals surface area contributed by atoms with E-state index in [0.29, 0.717) is 18.8 Å². The minimum Gasteiger partial charge on any atom is -0.386 e. The van der Waals surface area contributed by atoms with E-state index in [-0.39, 0.29) is 18.4 Å². The summed E-state index contributed by atoms with van der Waals surface area (Å²) in [6, 6.07) is 3.99. The van der Waals surface area contributed by atoms with Gasteiger partial charge in [-0.1, -0.05) is 25.1 Å². The van der Waals surface area contributed by atoms with E-state index in [1.807, 2.05) is 31.0 Å². The Morgan fingerprint density at radius 2 is 2.25 bits per heavy atom. The molecule has 0 saturated carbocycles. The van der Waals surface area contributed by atoms with Crippen LogP contribution in [0.15, 0.2) is 36.8 Å². The van der Waals surface area contributed by atoms with Crippen molar-refractivity contribution in [3.63, 3.8) is 0 Å². The number of nitrogens with one attached hydrogen (secondary N) is 1. The summed E-state index contributed by atoms with van der Waals surface area (Å²) in [6.07, 6.45) is 7.63. The third-order valence-corrected chi connectivity index (χ3v) is 5.15. The third-order valence-electron chi connectivity index (χ3n) is 5.15. The maximum atomic E-state index is 12.6. The standard InChI is InChI=1S/C20H24N6O2/c1-13(2)19(28)17-11-26(24-23-17)12-18(27)25-8-5-14(6-9-25)16-10-22-20-15(16)4-3-7-21-20/h3-5,7,10-11,13,19,28H,6,8-9,12H2,1-2H3,(H,21,22). The highest BCUT2D eigenvalue weighted by atomic mass is 16.3. The molecule has 1 aliphatic heterocycles. The minimum absolute atomic E-state index is 0.00798. The van der Waals surface area contributed by atoms with Gasteiger partial charge in [-0.2, -0.15) is 0 Å². The van der Waals surface area contributed by atoms with Crippen molar-refractivity contribution < 1.29 is 9.90 Å². The number of carbonyl (C=O) groups excluding carboxylic acids is 1. The van der Waals surface area contributed by atoms with Gasteiger partial charge in [0.05, 0.1) is 6.20 Å². The predicted molar refractivity (Wildman–Crippen MR) is 105 cm³/mol. The Morgan fingerprint density at radius 1 is 1.39 bits per heavy atom. The Hall–Kier alpha value is -3.00. The zero-order chi connectivity index (χ0) is 19.7. The molecule has 3 aromatic rings. The number of H-pyrrole nitrogens is 1. The molecule has 4 heterocycles. The molecule has 0 spiro atoms. The van der Waals surface area contributed by atoms with E-state index in [1.54, 1.807) is 12.4 Å². The van der Waals surface area contributed by atoms with Crippen LogP contribution in [0.2, 0.25) is 0 Å². The molecule has 28 heavy (non-hydrogen) atoms. The highest BCUT2D eigenvalue weighted by molar-refractivity contribution is 5.91. The van der Waals surface area contributed by atoms with E-state index in [2.05, 4.69) is 32.4 Å². The van der Waals surface area contributed by atoms with Crippen molar-refractivity contribution in [2.75, 3.05) is 13.1 Å². The van der Waals surface area contributed by atoms with Crippen molar-refractivity contribution in [2.45, 2.75) is 32.9 Å². The molecule has 0 radical (unpaired) electrons. The van der Waals surface area contributed by atoms with Crippen LogP contribution < -0.4 is 0 Å². The Kier molecular flexibility index (Phi) is 4.95. The Balaban J connectivity index is 1.41. The van der Waals surface area contributed by atoms with Crippen LogP contribution in [0.25, 0.3) is 16.6 Å². The third kappa shape index (κ3) is 3.55. The Morgan fingerprint density at radius 3 is 3.00 bits per heavy atom. The summed E-state index contributed by atoms with van der Waals surface area (Å²) in [5.41, 5.74) is 3.75. The van der Waals surface area contributed by atoms with Gasteiger partial charge in [0.2, 0.25) is 5.91 Å². The van der Waals surface area contributed by atoms with Crippen LogP contribution in [-0.4, -0.2) is 54.0 Å². The van der Waals surface area contributed by atoms with Crippen LogP contribution in [-0.2, 0) is 11.3 Å². The van der Waals surface area contributed by atoms with E-state index in [4.69, 9.17) is 0 Å². The Bertz CT molecular complexity index is 1020. The smallest absolute Gasteiger partial charge is 0.244 e. The number of aromatic nitrogens is 5. The summed E-state index contributed by atoms with van der Waals surface area (Å²) >= 11 is 0. The van der Waals surface area contributed by atoms with Gasteiger partial charge < -0.3 is 15.0 Å². The van der Waals surface area contributed by atoms with E-state index in [9.17, 15) is 9.90 Å². The first-order chi connectivity index (χ1) is 13.5. The maximum absolute atomic E-state index is 12.6. The van der Waals surface area contributed by atoms with Crippen molar-refractivity contribution in [1.82, 2.24) is 29.9 Å². The number of carbonyl (C=O) groups is 1. The molecule has 0 aromatic carbocycles. The van der Waals surface area contributed by atoms with Crippen molar-refractivity contribution in [3.05, 3.63) is 48.1 Å². The van der Waals surface area contributed by atoms with Crippen molar-refractivity contribution in [1.29, 1.82) is 0 Å². The van der Waals surface area contributed by atoms with Crippen LogP contribution in [0, 0.1) is 5.92 Å². The summed E-state index contributed by atoms with van der Waals surface area (Å²) < 4.78 is 1.49. The van der Waals surface area contributed by atoms with Crippen molar-refractivity contribution in [3.8, 4) is 0 Å². The second-order valence-corrected chi connectivity index (χ2v) is 7.45. The molecule has 0 aliphatic carbocycles. The molecule has 8 heteroatoms. The second-order valence-electron chi connectivity index (χ2n) is 7.45. The van der Waals surface area contributed by atoms with Crippen LogP contribution >= 0.6 is 0 Å². The number of rotatable bonds is 5. The van der Waals surface area contributed by atoms with E-state index < -0.39 is 6.10 Å². The number of fused-ring (bicyclic) bond motifs is 1. The van der Waals surface area contributed by atoms with Gasteiger partial charge in [-0.25, -0.2) is 9.67 Å². The van der Waals surface area contributed by atoms with Crippen LogP contribution in [0.5, 0.6) is 0 Å². The highest BCUT2D eigenvalue weighted by Gasteiger charge is 2.21. The van der Waals surface area contributed by atoms with Gasteiger partial charge >= 0.3 is 0 Å². The first-order valence-electron chi connectivity index (χ1n) is 9.50. The van der Waals surface area contributed by atoms with Gasteiger partial charge in [-0.15, -0.1) is 5.10 Å². The molecular formula is C20H24N6O2. The zero-order valence-electron chi connectivity index (χ0n) is 16.0. The maximum Gasteiger partial charge on any atom is 0.244 e. The lowest BCUT2D eigenvalue weighted by Gasteiger charge is -2.26. The van der Waals surface area contributed by atoms with E-state index in [0.717, 1.165) is 23.0 Å². The SMILES string of the molecule is CC(C)C(O)c1cn(CC(=O)N2CC=C(c3c[nH]c4ncccc34)CC2)nn1. The number of aliphatic hydroxyl groups is 1. The summed E-state index contributed by atoms with van der Waals surface area (Å²) in [6.45, 7) is 5.18. The van der Waals surface area contributed by atoms with Gasteiger partial charge in [-0.05, 0) is 30.0 Å². The molecular weight excluding hydrogens is 356 g/mol. The summed E-state index contributed by atoms with van der Waals surface area (Å²) in [5.74, 6) is 0.0394. The normalized spacial score (nSPS) is 15.9. The number of hydrogen-bond acceptors (Lipinski definition) is 5. The van der Waals surface area contributed by atoms with Gasteiger partial charge in [0, 0.05) is 36.4 Å². The fourth-order valence-corrected chi connectivity index (χ4v) is 3.47. The first-order valence-corrected chi connectivity index (χ1v) is 9.50. The molecule has 1 unspecified atom stereocenters. The quantitative estimate of drug-likeness (QED) is 0.707. The van der Waals surface area contributed by atoms with Crippen molar-refractivity contribution >= 4 is 22.5 Å². The minimum atomic E-state index is -0.671. The van der Waals surface area contributed by atoms with E-state index in [1.165, 1.54) is 10.3 Å². The van der Waals surface area contributed by atoms with E-state index >= 15 is 0 Å². The average Bonchev–Trinajstić information content (AvgIpc) is 3.34. The monoisotopic (exact) mass is 380 g/mol. The summed E-state index contributed by atoms with van der Waals surface area (Å²) in [4.78, 5) is 22.0. The molecule has 4 rings (SSSR count). The van der Waals surface area contributed by atoms with Crippen LogP contribution in [0.3, 0.4) is 0 Å². The topological polar surface area (TPSA) is 99.9 Å². The molecule has 1 atom stereocenters. The first kappa shape index (κ1) is 18.4. The fourth-order valence-electron chi connectivity index (χ4n) is 3.47. The van der Waals surface area contributed by atoms with Gasteiger partial charge in [0.1, 0.15) is 24.0 Å². The Labute approximate surface area is 162 Å². The van der Waals surface area contributed by atoms with Crippen LogP contribution in [0.4, 0.5) is 0 Å². The number of amides is 1. The number of nitrogens with zero attached hydrogens (tertiary/aromatic N) is 5. The number of hydrogen-bond donors (Lipinski definition) is 2. The molecule has 0 bridgehead atoms. The largest absolute Gasteiger partial charge is 0.386 e. The molecule has 1 aliphatic rings. The fraction of sp³-hybridized carbons (Fsp3) is 0.400. The lowest BCUT2D eigenvalue weighted by atomic mass is 9.99. The lowest BCUT2D eigenvalue weighted by Crippen LogP contribution is -2.37. The van der Waals surface area contributed by atoms with Gasteiger partial charge in [-0.3, -0.25) is 4.79 Å². The molecule has 146 valence electrons. The van der Waals surface area contributed by atoms with Crippen molar-refractivity contribution in [2.24, 2.45) is 5.92 Å². The second kappa shape index (κ2) is 7.55. The number of pyridine rings is 1. The van der Waals surface area contributed by atoms with Gasteiger partial charge in [0.15, 0.2) is 0 Å². The lowest BCUT2D eigenvalue weighted by molar-refractivity contribution is -0.131. The highest BCUT2D eigenvalue weighted by Crippen LogP contribution is 2.28. The van der Waals surface area contributed by atoms with Crippen LogP contribution in [0.1, 0.15) is 37.6 Å². The molecule has 0 fully saturated rings. The molecule has 0 saturated heterocycles.